The topological polar surface area (TPSA) is 76.5 Å². The van der Waals surface area contributed by atoms with Crippen molar-refractivity contribution in [2.24, 2.45) is 5.92 Å². The molecule has 162 valence electrons. The Hall–Kier alpha value is -2.90. The summed E-state index contributed by atoms with van der Waals surface area (Å²) in [7, 11) is 0. The number of aromatic nitrogens is 2. The summed E-state index contributed by atoms with van der Waals surface area (Å²) in [6.45, 7) is 8.12. The van der Waals surface area contributed by atoms with Crippen molar-refractivity contribution in [1.29, 1.82) is 0 Å². The molecule has 0 bridgehead atoms. The summed E-state index contributed by atoms with van der Waals surface area (Å²) in [5.74, 6) is -0.863. The molecule has 2 unspecified atom stereocenters. The van der Waals surface area contributed by atoms with Gasteiger partial charge in [-0.3, -0.25) is 4.79 Å². The maximum atomic E-state index is 14.4. The molecule has 0 spiro atoms. The quantitative estimate of drug-likeness (QED) is 0.825. The number of amides is 2. The molecule has 3 rings (SSSR count). The number of piperidine rings is 1. The largest absolute Gasteiger partial charge is 0.444 e. The van der Waals surface area contributed by atoms with Gasteiger partial charge < -0.3 is 19.5 Å². The fraction of sp³-hybridized carbons (Fsp3) is 0.500. The lowest BCUT2D eigenvalue weighted by Crippen LogP contribution is -2.52. The Labute approximate surface area is 176 Å². The van der Waals surface area contributed by atoms with Gasteiger partial charge in [-0.05, 0) is 58.2 Å². The highest BCUT2D eigenvalue weighted by molar-refractivity contribution is 5.80. The zero-order valence-electron chi connectivity index (χ0n) is 17.9. The van der Waals surface area contributed by atoms with Crippen LogP contribution in [0.4, 0.5) is 9.18 Å². The number of halogens is 1. The van der Waals surface area contributed by atoms with Gasteiger partial charge in [-0.2, -0.15) is 0 Å². The third-order valence-electron chi connectivity index (χ3n) is 5.21. The molecule has 2 atom stereocenters. The van der Waals surface area contributed by atoms with E-state index in [0.717, 1.165) is 6.42 Å². The van der Waals surface area contributed by atoms with E-state index in [1.54, 1.807) is 34.0 Å². The summed E-state index contributed by atoms with van der Waals surface area (Å²) in [4.78, 5) is 30.8. The average molecular weight is 416 g/mol. The van der Waals surface area contributed by atoms with Crippen LogP contribution in [0.25, 0.3) is 5.69 Å². The first-order valence-corrected chi connectivity index (χ1v) is 10.2. The lowest BCUT2D eigenvalue weighted by molar-refractivity contribution is -0.128. The van der Waals surface area contributed by atoms with E-state index in [0.29, 0.717) is 24.2 Å². The Morgan fingerprint density at radius 2 is 2.10 bits per heavy atom. The highest BCUT2D eigenvalue weighted by Gasteiger charge is 2.37. The molecule has 1 aromatic carbocycles. The molecule has 1 aromatic heterocycles. The molecule has 1 saturated heterocycles. The van der Waals surface area contributed by atoms with Crippen molar-refractivity contribution in [3.63, 3.8) is 0 Å². The van der Waals surface area contributed by atoms with E-state index in [2.05, 4.69) is 10.3 Å². The van der Waals surface area contributed by atoms with Crippen LogP contribution < -0.4 is 5.32 Å². The number of likely N-dealkylation sites (tertiary alicyclic amines) is 1. The standard InChI is InChI=1S/C22H29FN4O3/c1-15-17(6-5-10-27(15)21(29)30-22(2,3)4)20(28)25-13-16-7-8-19(18(23)12-16)26-11-9-24-14-26/h7-9,11-12,14-15,17H,5-6,10,13H2,1-4H3,(H,25,28). The second-order valence-corrected chi connectivity index (χ2v) is 8.64. The second-order valence-electron chi connectivity index (χ2n) is 8.64. The minimum Gasteiger partial charge on any atom is -0.444 e. The van der Waals surface area contributed by atoms with Crippen LogP contribution >= 0.6 is 0 Å². The number of rotatable bonds is 4. The summed E-state index contributed by atoms with van der Waals surface area (Å²) >= 11 is 0. The fourth-order valence-electron chi connectivity index (χ4n) is 3.66. The van der Waals surface area contributed by atoms with Gasteiger partial charge in [-0.15, -0.1) is 0 Å². The molecule has 0 radical (unpaired) electrons. The van der Waals surface area contributed by atoms with Crippen molar-refractivity contribution in [2.45, 2.75) is 58.7 Å². The lowest BCUT2D eigenvalue weighted by Gasteiger charge is -2.39. The normalized spacial score (nSPS) is 19.4. The lowest BCUT2D eigenvalue weighted by atomic mass is 9.89. The maximum Gasteiger partial charge on any atom is 0.410 e. The molecule has 7 nitrogen and oxygen atoms in total. The molecule has 0 saturated carbocycles. The minimum atomic E-state index is -0.584. The van der Waals surface area contributed by atoms with Gasteiger partial charge in [-0.1, -0.05) is 6.07 Å². The molecule has 0 aliphatic carbocycles. The third kappa shape index (κ3) is 5.17. The van der Waals surface area contributed by atoms with E-state index in [1.807, 2.05) is 27.7 Å². The van der Waals surface area contributed by atoms with E-state index in [1.165, 1.54) is 12.4 Å². The van der Waals surface area contributed by atoms with Crippen LogP contribution in [0.5, 0.6) is 0 Å². The summed E-state index contributed by atoms with van der Waals surface area (Å²) in [5, 5.41) is 2.88. The smallest absolute Gasteiger partial charge is 0.410 e. The number of carbonyl (C=O) groups excluding carboxylic acids is 2. The monoisotopic (exact) mass is 416 g/mol. The molecule has 2 aromatic rings. The predicted octanol–water partition coefficient (Wildman–Crippen LogP) is 3.66. The van der Waals surface area contributed by atoms with Crippen molar-refractivity contribution in [3.8, 4) is 5.69 Å². The van der Waals surface area contributed by atoms with Crippen molar-refractivity contribution in [1.82, 2.24) is 19.8 Å². The number of nitrogens with one attached hydrogen (secondary N) is 1. The van der Waals surface area contributed by atoms with Crippen LogP contribution in [0.2, 0.25) is 0 Å². The van der Waals surface area contributed by atoms with Crippen molar-refractivity contribution < 1.29 is 18.7 Å². The first kappa shape index (κ1) is 21.8. The Morgan fingerprint density at radius 3 is 2.73 bits per heavy atom. The van der Waals surface area contributed by atoms with Gasteiger partial charge in [0.05, 0.1) is 17.9 Å². The number of hydrogen-bond acceptors (Lipinski definition) is 4. The molecule has 1 aliphatic rings. The zero-order valence-corrected chi connectivity index (χ0v) is 17.9. The van der Waals surface area contributed by atoms with E-state index >= 15 is 0 Å². The van der Waals surface area contributed by atoms with Gasteiger partial charge >= 0.3 is 6.09 Å². The zero-order chi connectivity index (χ0) is 21.9. The third-order valence-corrected chi connectivity index (χ3v) is 5.21. The maximum absolute atomic E-state index is 14.4. The molecular formula is C22H29FN4O3. The highest BCUT2D eigenvalue weighted by Crippen LogP contribution is 2.26. The van der Waals surface area contributed by atoms with Gasteiger partial charge in [0.2, 0.25) is 5.91 Å². The number of benzene rings is 1. The molecule has 1 aliphatic heterocycles. The van der Waals surface area contributed by atoms with E-state index in [-0.39, 0.29) is 30.2 Å². The van der Waals surface area contributed by atoms with Gasteiger partial charge in [0.25, 0.3) is 0 Å². The number of nitrogens with zero attached hydrogens (tertiary/aromatic N) is 3. The Bertz CT molecular complexity index is 892. The summed E-state index contributed by atoms with van der Waals surface area (Å²) in [5.41, 5.74) is 0.479. The van der Waals surface area contributed by atoms with Crippen molar-refractivity contribution in [3.05, 3.63) is 48.3 Å². The van der Waals surface area contributed by atoms with E-state index in [9.17, 15) is 14.0 Å². The second kappa shape index (κ2) is 8.85. The van der Waals surface area contributed by atoms with E-state index in [4.69, 9.17) is 4.74 Å². The average Bonchev–Trinajstić information content (AvgIpc) is 3.19. The highest BCUT2D eigenvalue weighted by atomic mass is 19.1. The molecule has 2 amide bonds. The number of carbonyl (C=O) groups is 2. The van der Waals surface area contributed by atoms with Crippen LogP contribution in [0.1, 0.15) is 46.1 Å². The first-order valence-electron chi connectivity index (χ1n) is 10.2. The first-order chi connectivity index (χ1) is 14.2. The van der Waals surface area contributed by atoms with Gasteiger partial charge in [-0.25, -0.2) is 14.2 Å². The molecule has 1 N–H and O–H groups in total. The summed E-state index contributed by atoms with van der Waals surface area (Å²) in [6.07, 6.45) is 5.81. The van der Waals surface area contributed by atoms with Crippen LogP contribution in [0.15, 0.2) is 36.9 Å². The number of hydrogen-bond donors (Lipinski definition) is 1. The van der Waals surface area contributed by atoms with Crippen molar-refractivity contribution >= 4 is 12.0 Å². The Morgan fingerprint density at radius 1 is 1.33 bits per heavy atom. The van der Waals surface area contributed by atoms with Crippen LogP contribution in [-0.4, -0.2) is 44.6 Å². The van der Waals surface area contributed by atoms with Gasteiger partial charge in [0.1, 0.15) is 11.4 Å². The fourth-order valence-corrected chi connectivity index (χ4v) is 3.66. The van der Waals surface area contributed by atoms with Crippen LogP contribution in [-0.2, 0) is 16.1 Å². The molecular weight excluding hydrogens is 387 g/mol. The Balaban J connectivity index is 1.60. The minimum absolute atomic E-state index is 0.144. The van der Waals surface area contributed by atoms with Crippen LogP contribution in [0.3, 0.4) is 0 Å². The SMILES string of the molecule is CC1C(C(=O)NCc2ccc(-n3ccnc3)c(F)c2)CCCN1C(=O)OC(C)(C)C. The predicted molar refractivity (Wildman–Crippen MR) is 110 cm³/mol. The number of ether oxygens (including phenoxy) is 1. The number of imidazole rings is 1. The van der Waals surface area contributed by atoms with Gasteiger partial charge in [0, 0.05) is 31.5 Å². The van der Waals surface area contributed by atoms with E-state index < -0.39 is 11.7 Å². The Kier molecular flexibility index (Phi) is 6.43. The molecule has 8 heteroatoms. The van der Waals surface area contributed by atoms with Gasteiger partial charge in [0.15, 0.2) is 0 Å². The van der Waals surface area contributed by atoms with Crippen molar-refractivity contribution in [2.75, 3.05) is 6.54 Å². The summed E-state index contributed by atoms with van der Waals surface area (Å²) < 4.78 is 21.5. The summed E-state index contributed by atoms with van der Waals surface area (Å²) in [6, 6.07) is 4.57. The van der Waals surface area contributed by atoms with Crippen LogP contribution in [0, 0.1) is 11.7 Å². The molecule has 1 fully saturated rings. The molecule has 30 heavy (non-hydrogen) atoms. The molecule has 2 heterocycles.